The Morgan fingerprint density at radius 2 is 2.39 bits per heavy atom. The second-order valence-corrected chi connectivity index (χ2v) is 7.22. The predicted octanol–water partition coefficient (Wildman–Crippen LogP) is 2.75. The number of aromatic amines is 1. The number of benzene rings is 1. The number of imidazole rings is 1. The number of amides is 2. The second kappa shape index (κ2) is 8.85. The number of H-pyrrole nitrogens is 1. The Morgan fingerprint density at radius 3 is 3.11 bits per heavy atom. The van der Waals surface area contributed by atoms with Crippen molar-refractivity contribution in [2.24, 2.45) is 5.92 Å². The number of hydroxylamine groups is 2. The summed E-state index contributed by atoms with van der Waals surface area (Å²) in [5.41, 5.74) is 2.09. The molecule has 0 bridgehead atoms. The van der Waals surface area contributed by atoms with Gasteiger partial charge in [0.2, 0.25) is 12.3 Å². The number of nitrogens with zero attached hydrogens (tertiary/aromatic N) is 4. The molecule has 1 aliphatic heterocycles. The van der Waals surface area contributed by atoms with Crippen molar-refractivity contribution in [3.05, 3.63) is 29.6 Å². The Labute approximate surface area is 163 Å². The maximum atomic E-state index is 13.2. The molecule has 1 fully saturated rings. The summed E-state index contributed by atoms with van der Waals surface area (Å²) < 4.78 is 0. The number of fused-ring (bicyclic) bond motifs is 1. The first-order chi connectivity index (χ1) is 13.6. The van der Waals surface area contributed by atoms with Crippen LogP contribution in [0.3, 0.4) is 0 Å². The van der Waals surface area contributed by atoms with Crippen LogP contribution in [0.4, 0.5) is 0 Å². The zero-order valence-corrected chi connectivity index (χ0v) is 16.0. The third-order valence-electron chi connectivity index (χ3n) is 5.27. The summed E-state index contributed by atoms with van der Waals surface area (Å²) in [7, 11) is 0. The van der Waals surface area contributed by atoms with Crippen LogP contribution in [0.2, 0.25) is 0 Å². The summed E-state index contributed by atoms with van der Waals surface area (Å²) in [6.45, 7) is 2.66. The molecular weight excluding hydrogens is 358 g/mol. The van der Waals surface area contributed by atoms with E-state index in [9.17, 15) is 14.8 Å². The molecule has 1 aromatic carbocycles. The Balaban J connectivity index is 1.83. The van der Waals surface area contributed by atoms with Gasteiger partial charge in [-0.1, -0.05) is 19.8 Å². The summed E-state index contributed by atoms with van der Waals surface area (Å²) in [5, 5.41) is 19.2. The molecule has 2 atom stereocenters. The third-order valence-corrected chi connectivity index (χ3v) is 5.27. The lowest BCUT2D eigenvalue weighted by molar-refractivity contribution is -0.157. The molecule has 8 nitrogen and oxygen atoms in total. The lowest BCUT2D eigenvalue weighted by Gasteiger charge is -2.29. The Hall–Kier alpha value is -2.92. The first kappa shape index (κ1) is 19.8. The van der Waals surface area contributed by atoms with E-state index < -0.39 is 5.92 Å². The van der Waals surface area contributed by atoms with Crippen LogP contribution < -0.4 is 0 Å². The van der Waals surface area contributed by atoms with Gasteiger partial charge >= 0.3 is 0 Å². The van der Waals surface area contributed by atoms with E-state index in [2.05, 4.69) is 16.0 Å². The minimum atomic E-state index is -0.440. The molecule has 2 heterocycles. The van der Waals surface area contributed by atoms with Crippen LogP contribution >= 0.6 is 0 Å². The number of nitrogens with one attached hydrogen (secondary N) is 1. The molecular formula is C20H25N5O3. The number of carbonyl (C=O) groups is 2. The van der Waals surface area contributed by atoms with Crippen molar-refractivity contribution in [2.75, 3.05) is 13.1 Å². The Morgan fingerprint density at radius 1 is 1.57 bits per heavy atom. The fraction of sp³-hybridized carbons (Fsp3) is 0.500. The molecule has 2 aromatic rings. The first-order valence-electron chi connectivity index (χ1n) is 9.68. The highest BCUT2D eigenvalue weighted by atomic mass is 16.5. The van der Waals surface area contributed by atoms with Crippen molar-refractivity contribution < 1.29 is 14.8 Å². The topological polar surface area (TPSA) is 113 Å². The molecule has 0 spiro atoms. The molecule has 2 N–H and O–H groups in total. The number of rotatable bonds is 8. The van der Waals surface area contributed by atoms with E-state index in [1.807, 2.05) is 11.8 Å². The summed E-state index contributed by atoms with van der Waals surface area (Å²) >= 11 is 0. The van der Waals surface area contributed by atoms with Gasteiger partial charge in [0.25, 0.3) is 0 Å². The first-order valence-corrected chi connectivity index (χ1v) is 9.68. The number of hydrogen-bond acceptors (Lipinski definition) is 5. The van der Waals surface area contributed by atoms with Crippen molar-refractivity contribution in [1.29, 1.82) is 5.26 Å². The molecule has 8 heteroatoms. The highest BCUT2D eigenvalue weighted by Crippen LogP contribution is 2.33. The van der Waals surface area contributed by atoms with Gasteiger partial charge in [0.05, 0.1) is 41.2 Å². The van der Waals surface area contributed by atoms with Crippen LogP contribution in [0.5, 0.6) is 0 Å². The Bertz CT molecular complexity index is 888. The van der Waals surface area contributed by atoms with Gasteiger partial charge in [-0.25, -0.2) is 10.0 Å². The van der Waals surface area contributed by atoms with Crippen LogP contribution in [0.1, 0.15) is 56.5 Å². The van der Waals surface area contributed by atoms with E-state index >= 15 is 0 Å². The van der Waals surface area contributed by atoms with Crippen molar-refractivity contribution in [3.8, 4) is 6.07 Å². The normalized spacial score (nSPS) is 17.5. The molecule has 0 saturated carbocycles. The maximum Gasteiger partial charge on any atom is 0.233 e. The summed E-state index contributed by atoms with van der Waals surface area (Å²) in [6, 6.07) is 7.22. The zero-order valence-electron chi connectivity index (χ0n) is 16.0. The monoisotopic (exact) mass is 383 g/mol. The average molecular weight is 383 g/mol. The van der Waals surface area contributed by atoms with E-state index in [-0.39, 0.29) is 18.5 Å². The smallest absolute Gasteiger partial charge is 0.233 e. The molecule has 3 rings (SSSR count). The molecule has 1 saturated heterocycles. The summed E-state index contributed by atoms with van der Waals surface area (Å²) in [5.74, 6) is 0.210. The van der Waals surface area contributed by atoms with Crippen molar-refractivity contribution >= 4 is 23.4 Å². The number of hydrogen-bond donors (Lipinski definition) is 2. The number of nitriles is 1. The lowest BCUT2D eigenvalue weighted by atomic mass is 9.99. The standard InChI is InChI=1S/C20H25N5O3/c1-2-3-5-15(12-24(28)13-26)20(27)25-9-4-6-18(25)19-22-16-8-7-14(11-21)10-17(16)23-19/h7-8,10,13,15,18,28H,2-6,9,12H2,1H3,(H,22,23)/t15-,18-/m0/s1. The van der Waals surface area contributed by atoms with E-state index in [0.717, 1.165) is 36.7 Å². The van der Waals surface area contributed by atoms with Crippen LogP contribution in [-0.2, 0) is 9.59 Å². The van der Waals surface area contributed by atoms with Gasteiger partial charge in [-0.3, -0.25) is 14.8 Å². The van der Waals surface area contributed by atoms with E-state index in [1.165, 1.54) is 0 Å². The van der Waals surface area contributed by atoms with Gasteiger partial charge in [0.15, 0.2) is 0 Å². The molecule has 2 amide bonds. The van der Waals surface area contributed by atoms with Gasteiger partial charge in [-0.05, 0) is 37.5 Å². The molecule has 148 valence electrons. The average Bonchev–Trinajstić information content (AvgIpc) is 3.36. The minimum Gasteiger partial charge on any atom is -0.340 e. The van der Waals surface area contributed by atoms with Crippen LogP contribution in [0.15, 0.2) is 18.2 Å². The van der Waals surface area contributed by atoms with Crippen LogP contribution in [0, 0.1) is 17.2 Å². The number of carbonyl (C=O) groups excluding carboxylic acids is 2. The van der Waals surface area contributed by atoms with Crippen LogP contribution in [0.25, 0.3) is 11.0 Å². The van der Waals surface area contributed by atoms with Gasteiger partial charge in [-0.2, -0.15) is 5.26 Å². The minimum absolute atomic E-state index is 0.00276. The largest absolute Gasteiger partial charge is 0.340 e. The third kappa shape index (κ3) is 4.15. The summed E-state index contributed by atoms with van der Waals surface area (Å²) in [6.07, 6.45) is 4.41. The molecule has 1 aliphatic rings. The lowest BCUT2D eigenvalue weighted by Crippen LogP contribution is -2.40. The SMILES string of the molecule is CCCC[C@@H](CN(O)C=O)C(=O)N1CCC[C@H]1c1nc2ccc(C#N)cc2[nH]1. The molecule has 0 radical (unpaired) electrons. The van der Waals surface area contributed by atoms with Crippen molar-refractivity contribution in [1.82, 2.24) is 19.9 Å². The number of likely N-dealkylation sites (tertiary alicyclic amines) is 1. The highest BCUT2D eigenvalue weighted by Gasteiger charge is 2.35. The van der Waals surface area contributed by atoms with Crippen LogP contribution in [-0.4, -0.2) is 50.5 Å². The fourth-order valence-electron chi connectivity index (χ4n) is 3.82. The maximum absolute atomic E-state index is 13.2. The predicted molar refractivity (Wildman–Crippen MR) is 102 cm³/mol. The zero-order chi connectivity index (χ0) is 20.1. The van der Waals surface area contributed by atoms with Gasteiger partial charge < -0.3 is 9.88 Å². The Kier molecular flexibility index (Phi) is 6.26. The molecule has 28 heavy (non-hydrogen) atoms. The van der Waals surface area contributed by atoms with Gasteiger partial charge in [0, 0.05) is 6.54 Å². The second-order valence-electron chi connectivity index (χ2n) is 7.22. The fourth-order valence-corrected chi connectivity index (χ4v) is 3.82. The van der Waals surface area contributed by atoms with E-state index in [4.69, 9.17) is 5.26 Å². The molecule has 1 aromatic heterocycles. The quantitative estimate of drug-likeness (QED) is 0.413. The summed E-state index contributed by atoms with van der Waals surface area (Å²) in [4.78, 5) is 33.7. The van der Waals surface area contributed by atoms with Crippen molar-refractivity contribution in [2.45, 2.75) is 45.1 Å². The van der Waals surface area contributed by atoms with E-state index in [1.54, 1.807) is 18.2 Å². The number of aromatic nitrogens is 2. The molecule has 0 unspecified atom stereocenters. The molecule has 0 aliphatic carbocycles. The van der Waals surface area contributed by atoms with E-state index in [0.29, 0.717) is 35.8 Å². The van der Waals surface area contributed by atoms with Crippen molar-refractivity contribution in [3.63, 3.8) is 0 Å². The van der Waals surface area contributed by atoms with Gasteiger partial charge in [0.1, 0.15) is 5.82 Å². The highest BCUT2D eigenvalue weighted by molar-refractivity contribution is 5.81. The number of unbranched alkanes of at least 4 members (excludes halogenated alkanes) is 1. The van der Waals surface area contributed by atoms with Gasteiger partial charge in [-0.15, -0.1) is 0 Å².